The van der Waals surface area contributed by atoms with E-state index in [9.17, 15) is 9.59 Å². The zero-order valence-electron chi connectivity index (χ0n) is 11.4. The van der Waals surface area contributed by atoms with Crippen molar-refractivity contribution in [2.45, 2.75) is 6.04 Å². The maximum absolute atomic E-state index is 12.0. The van der Waals surface area contributed by atoms with Crippen LogP contribution < -0.4 is 5.32 Å². The van der Waals surface area contributed by atoms with Crippen LogP contribution in [0, 0.1) is 0 Å². The normalized spacial score (nSPS) is 11.9. The highest BCUT2D eigenvalue weighted by Crippen LogP contribution is 2.16. The average Bonchev–Trinajstić information content (AvgIpc) is 2.97. The Bertz CT molecular complexity index is 624. The second-order valence-electron chi connectivity index (χ2n) is 4.35. The summed E-state index contributed by atoms with van der Waals surface area (Å²) in [7, 11) is 1.37. The van der Waals surface area contributed by atoms with Gasteiger partial charge in [0.2, 0.25) is 0 Å². The van der Waals surface area contributed by atoms with Gasteiger partial charge in [0.25, 0.3) is 5.91 Å². The highest BCUT2D eigenvalue weighted by Gasteiger charge is 2.21. The molecule has 1 unspecified atom stereocenters. The van der Waals surface area contributed by atoms with Crippen molar-refractivity contribution < 1.29 is 19.4 Å². The van der Waals surface area contributed by atoms with Crippen molar-refractivity contribution in [2.24, 2.45) is 0 Å². The largest absolute Gasteiger partial charge is 0.480 e. The number of carbonyl (C=O) groups excluding carboxylic acids is 1. The van der Waals surface area contributed by atoms with Crippen molar-refractivity contribution in [3.8, 4) is 11.3 Å². The van der Waals surface area contributed by atoms with E-state index in [4.69, 9.17) is 9.84 Å². The molecule has 1 amide bonds. The van der Waals surface area contributed by atoms with Crippen LogP contribution in [0.15, 0.2) is 36.4 Å². The van der Waals surface area contributed by atoms with Gasteiger partial charge in [-0.1, -0.05) is 30.3 Å². The second-order valence-corrected chi connectivity index (χ2v) is 4.35. The van der Waals surface area contributed by atoms with Gasteiger partial charge in [-0.3, -0.25) is 9.89 Å². The summed E-state index contributed by atoms with van der Waals surface area (Å²) in [5, 5.41) is 18.0. The van der Waals surface area contributed by atoms with Crippen molar-refractivity contribution >= 4 is 11.9 Å². The third kappa shape index (κ3) is 3.67. The molecule has 0 aliphatic rings. The fraction of sp³-hybridized carbons (Fsp3) is 0.214. The van der Waals surface area contributed by atoms with Gasteiger partial charge in [0.15, 0.2) is 6.04 Å². The molecule has 0 spiro atoms. The van der Waals surface area contributed by atoms with Crippen LogP contribution in [0.25, 0.3) is 11.3 Å². The topological polar surface area (TPSA) is 104 Å². The second kappa shape index (κ2) is 6.67. The predicted octanol–water partition coefficient (Wildman–Crippen LogP) is 0.906. The molecular weight excluding hydrogens is 274 g/mol. The van der Waals surface area contributed by atoms with Crippen LogP contribution in [0.1, 0.15) is 10.5 Å². The Kier molecular flexibility index (Phi) is 4.68. The number of nitrogens with zero attached hydrogens (tertiary/aromatic N) is 1. The Labute approximate surface area is 120 Å². The van der Waals surface area contributed by atoms with Crippen molar-refractivity contribution in [2.75, 3.05) is 13.7 Å². The molecule has 0 aliphatic heterocycles. The molecule has 2 aromatic rings. The van der Waals surface area contributed by atoms with Crippen molar-refractivity contribution in [1.82, 2.24) is 15.5 Å². The molecule has 110 valence electrons. The number of hydrogen-bond acceptors (Lipinski definition) is 4. The summed E-state index contributed by atoms with van der Waals surface area (Å²) in [5.74, 6) is -1.71. The van der Waals surface area contributed by atoms with Gasteiger partial charge in [-0.15, -0.1) is 0 Å². The number of methoxy groups -OCH3 is 1. The number of aromatic amines is 1. The number of carboxylic acids is 1. The molecule has 0 saturated heterocycles. The van der Waals surface area contributed by atoms with E-state index in [-0.39, 0.29) is 12.3 Å². The maximum Gasteiger partial charge on any atom is 0.328 e. The lowest BCUT2D eigenvalue weighted by molar-refractivity contribution is -0.140. The summed E-state index contributed by atoms with van der Waals surface area (Å²) in [5.41, 5.74) is 1.66. The van der Waals surface area contributed by atoms with E-state index in [1.807, 2.05) is 30.3 Å². The van der Waals surface area contributed by atoms with Crippen molar-refractivity contribution in [1.29, 1.82) is 0 Å². The number of aliphatic carboxylic acids is 1. The molecule has 0 fully saturated rings. The zero-order chi connectivity index (χ0) is 15.2. The minimum Gasteiger partial charge on any atom is -0.480 e. The number of benzene rings is 1. The number of ether oxygens (including phenoxy) is 1. The first-order chi connectivity index (χ1) is 10.1. The Morgan fingerprint density at radius 1 is 1.38 bits per heavy atom. The van der Waals surface area contributed by atoms with Crippen LogP contribution in [0.3, 0.4) is 0 Å². The lowest BCUT2D eigenvalue weighted by Crippen LogP contribution is -2.43. The van der Waals surface area contributed by atoms with E-state index in [0.29, 0.717) is 5.69 Å². The maximum atomic E-state index is 12.0. The predicted molar refractivity (Wildman–Crippen MR) is 74.8 cm³/mol. The van der Waals surface area contributed by atoms with Gasteiger partial charge in [0.05, 0.1) is 12.3 Å². The molecule has 3 N–H and O–H groups in total. The minimum atomic E-state index is -1.16. The van der Waals surface area contributed by atoms with Gasteiger partial charge in [0.1, 0.15) is 5.69 Å². The fourth-order valence-corrected chi connectivity index (χ4v) is 1.77. The molecule has 0 radical (unpaired) electrons. The molecule has 1 aromatic heterocycles. The van der Waals surface area contributed by atoms with E-state index in [2.05, 4.69) is 15.5 Å². The van der Waals surface area contributed by atoms with Crippen molar-refractivity contribution in [3.63, 3.8) is 0 Å². The van der Waals surface area contributed by atoms with Gasteiger partial charge in [-0.25, -0.2) is 4.79 Å². The average molecular weight is 289 g/mol. The zero-order valence-corrected chi connectivity index (χ0v) is 11.4. The summed E-state index contributed by atoms with van der Waals surface area (Å²) >= 11 is 0. The summed E-state index contributed by atoms with van der Waals surface area (Å²) in [6, 6.07) is 9.80. The SMILES string of the molecule is COCC(NC(=O)c1cc(-c2ccccc2)n[nH]1)C(=O)O. The van der Waals surface area contributed by atoms with E-state index < -0.39 is 17.9 Å². The van der Waals surface area contributed by atoms with Crippen LogP contribution in [0.5, 0.6) is 0 Å². The third-order valence-electron chi connectivity index (χ3n) is 2.83. The van der Waals surface area contributed by atoms with Gasteiger partial charge >= 0.3 is 5.97 Å². The number of H-pyrrole nitrogens is 1. The number of carbonyl (C=O) groups is 2. The first kappa shape index (κ1) is 14.7. The summed E-state index contributed by atoms with van der Waals surface area (Å²) in [6.45, 7) is -0.110. The van der Waals surface area contributed by atoms with Crippen LogP contribution in [0.4, 0.5) is 0 Å². The van der Waals surface area contributed by atoms with Crippen molar-refractivity contribution in [3.05, 3.63) is 42.1 Å². The lowest BCUT2D eigenvalue weighted by Gasteiger charge is -2.12. The van der Waals surface area contributed by atoms with Crippen LogP contribution in [0.2, 0.25) is 0 Å². The number of nitrogens with one attached hydrogen (secondary N) is 2. The molecule has 2 rings (SSSR count). The number of rotatable bonds is 6. The number of aromatic nitrogens is 2. The van der Waals surface area contributed by atoms with E-state index in [1.165, 1.54) is 7.11 Å². The van der Waals surface area contributed by atoms with Crippen LogP contribution in [-0.4, -0.2) is 46.9 Å². The molecule has 1 aromatic carbocycles. The molecule has 0 bridgehead atoms. The minimum absolute atomic E-state index is 0.110. The van der Waals surface area contributed by atoms with Gasteiger partial charge in [-0.05, 0) is 6.07 Å². The number of carboxylic acid groups (broad SMARTS) is 1. The molecule has 7 heteroatoms. The summed E-state index contributed by atoms with van der Waals surface area (Å²) in [4.78, 5) is 22.9. The molecule has 1 heterocycles. The van der Waals surface area contributed by atoms with Gasteiger partial charge < -0.3 is 15.2 Å². The Balaban J connectivity index is 2.10. The van der Waals surface area contributed by atoms with E-state index in [0.717, 1.165) is 5.56 Å². The number of amides is 1. The molecule has 7 nitrogen and oxygen atoms in total. The smallest absolute Gasteiger partial charge is 0.328 e. The van der Waals surface area contributed by atoms with Crippen LogP contribution in [-0.2, 0) is 9.53 Å². The Hall–Kier alpha value is -2.67. The van der Waals surface area contributed by atoms with Gasteiger partial charge in [-0.2, -0.15) is 5.10 Å². The van der Waals surface area contributed by atoms with E-state index in [1.54, 1.807) is 6.07 Å². The summed E-state index contributed by atoms with van der Waals surface area (Å²) < 4.78 is 4.76. The Morgan fingerprint density at radius 3 is 2.71 bits per heavy atom. The molecule has 21 heavy (non-hydrogen) atoms. The van der Waals surface area contributed by atoms with Gasteiger partial charge in [0, 0.05) is 12.7 Å². The highest BCUT2D eigenvalue weighted by atomic mass is 16.5. The third-order valence-corrected chi connectivity index (χ3v) is 2.83. The highest BCUT2D eigenvalue weighted by molar-refractivity contribution is 5.95. The quantitative estimate of drug-likeness (QED) is 0.733. The Morgan fingerprint density at radius 2 is 2.10 bits per heavy atom. The summed E-state index contributed by atoms with van der Waals surface area (Å²) in [6.07, 6.45) is 0. The standard InChI is InChI=1S/C14H15N3O4/c1-21-8-12(14(19)20)15-13(18)11-7-10(16-17-11)9-5-3-2-4-6-9/h2-7,12H,8H2,1H3,(H,15,18)(H,16,17)(H,19,20). The molecule has 0 saturated carbocycles. The number of hydrogen-bond donors (Lipinski definition) is 3. The monoisotopic (exact) mass is 289 g/mol. The first-order valence-corrected chi connectivity index (χ1v) is 6.25. The molecule has 0 aliphatic carbocycles. The first-order valence-electron chi connectivity index (χ1n) is 6.25. The lowest BCUT2D eigenvalue weighted by atomic mass is 10.1. The van der Waals surface area contributed by atoms with Crippen LogP contribution >= 0.6 is 0 Å². The molecule has 1 atom stereocenters. The fourth-order valence-electron chi connectivity index (χ4n) is 1.77. The molecular formula is C14H15N3O4. The van der Waals surface area contributed by atoms with E-state index >= 15 is 0 Å².